The maximum atomic E-state index is 13.4. The predicted molar refractivity (Wildman–Crippen MR) is 148 cm³/mol. The fraction of sp³-hybridized carbons (Fsp3) is 0.538. The van der Waals surface area contributed by atoms with Crippen LogP contribution in [-0.4, -0.2) is 57.7 Å². The van der Waals surface area contributed by atoms with Crippen LogP contribution < -0.4 is 10.2 Å². The molecule has 10 nitrogen and oxygen atoms in total. The highest BCUT2D eigenvalue weighted by atomic mass is 35.5. The van der Waals surface area contributed by atoms with Gasteiger partial charge in [0.1, 0.15) is 16.7 Å². The summed E-state index contributed by atoms with van der Waals surface area (Å²) in [6.07, 6.45) is -1.16. The van der Waals surface area contributed by atoms with Crippen LogP contribution in [0.15, 0.2) is 23.6 Å². The van der Waals surface area contributed by atoms with Gasteiger partial charge < -0.3 is 19.5 Å². The number of aromatic nitrogens is 3. The molecule has 0 fully saturated rings. The molecule has 0 aliphatic carbocycles. The summed E-state index contributed by atoms with van der Waals surface area (Å²) < 4.78 is 39.9. The van der Waals surface area contributed by atoms with Gasteiger partial charge in [-0.3, -0.25) is 4.90 Å². The Morgan fingerprint density at radius 3 is 2.55 bits per heavy atom. The molecule has 0 aromatic carbocycles. The van der Waals surface area contributed by atoms with Gasteiger partial charge in [-0.2, -0.15) is 4.98 Å². The molecule has 3 heterocycles. The SMILES string of the molecule is [2H]C([2H])([2H])OC[C@@H](Cc1cc2c(N(Cc3cccs3)C(=O)OC(C)(C)C)nc(Cl)nn2c1C)NC(=O)OC(C)(C)C. The van der Waals surface area contributed by atoms with E-state index in [9.17, 15) is 9.59 Å². The number of hydrogen-bond donors (Lipinski definition) is 1. The third kappa shape index (κ3) is 8.05. The van der Waals surface area contributed by atoms with E-state index in [1.807, 2.05) is 17.5 Å². The van der Waals surface area contributed by atoms with Gasteiger partial charge in [-0.15, -0.1) is 16.4 Å². The molecule has 0 unspecified atom stereocenters. The molecule has 2 amide bonds. The average molecular weight is 569 g/mol. The first-order valence-electron chi connectivity index (χ1n) is 13.5. The number of hydrogen-bond acceptors (Lipinski definition) is 8. The fourth-order valence-corrected chi connectivity index (χ4v) is 4.53. The van der Waals surface area contributed by atoms with Crippen molar-refractivity contribution in [2.45, 2.75) is 78.7 Å². The predicted octanol–water partition coefficient (Wildman–Crippen LogP) is 5.78. The molecule has 208 valence electrons. The summed E-state index contributed by atoms with van der Waals surface area (Å²) in [4.78, 5) is 32.6. The zero-order chi connectivity index (χ0) is 30.8. The number of nitrogens with one attached hydrogen (secondary N) is 1. The lowest BCUT2D eigenvalue weighted by atomic mass is 10.1. The minimum absolute atomic E-state index is 0.0911. The Bertz CT molecular complexity index is 1370. The summed E-state index contributed by atoms with van der Waals surface area (Å²) in [6.45, 7) is 12.2. The van der Waals surface area contributed by atoms with Gasteiger partial charge in [-0.25, -0.2) is 14.1 Å². The highest BCUT2D eigenvalue weighted by Crippen LogP contribution is 2.29. The molecule has 1 atom stereocenters. The summed E-state index contributed by atoms with van der Waals surface area (Å²) in [5, 5.41) is 8.85. The quantitative estimate of drug-likeness (QED) is 0.367. The molecular weight excluding hydrogens is 530 g/mol. The van der Waals surface area contributed by atoms with Crippen LogP contribution in [0.2, 0.25) is 5.28 Å². The molecule has 3 rings (SSSR count). The van der Waals surface area contributed by atoms with E-state index in [1.165, 1.54) is 16.2 Å². The standard InChI is InChI=1S/C26H36ClN5O5S/c1-16-17(12-18(15-35-8)28-23(33)36-25(2,3)4)13-20-21(29-22(27)30-32(16)20)31(14-19-10-9-11-38-19)24(34)37-26(5,6)7/h9-11,13,18H,12,14-15H2,1-8H3,(H,28,33)/t18-/m1/s1/i8D3. The van der Waals surface area contributed by atoms with Crippen LogP contribution in [0.1, 0.15) is 61.8 Å². The first-order chi connectivity index (χ1) is 18.8. The van der Waals surface area contributed by atoms with Crippen molar-refractivity contribution in [3.63, 3.8) is 0 Å². The molecule has 0 saturated carbocycles. The van der Waals surface area contributed by atoms with E-state index in [-0.39, 0.29) is 30.7 Å². The lowest BCUT2D eigenvalue weighted by molar-refractivity contribution is 0.0468. The van der Waals surface area contributed by atoms with Crippen LogP contribution >= 0.6 is 22.9 Å². The first kappa shape index (κ1) is 25.4. The van der Waals surface area contributed by atoms with Gasteiger partial charge in [0, 0.05) is 17.6 Å². The molecule has 3 aromatic rings. The van der Waals surface area contributed by atoms with Crippen molar-refractivity contribution >= 4 is 46.5 Å². The van der Waals surface area contributed by atoms with Crippen LogP contribution in [0.5, 0.6) is 0 Å². The van der Waals surface area contributed by atoms with Crippen LogP contribution in [-0.2, 0) is 27.2 Å². The molecule has 0 saturated heterocycles. The highest BCUT2D eigenvalue weighted by Gasteiger charge is 2.29. The van der Waals surface area contributed by atoms with Gasteiger partial charge in [-0.05, 0) is 89.6 Å². The van der Waals surface area contributed by atoms with E-state index in [4.69, 9.17) is 29.9 Å². The van der Waals surface area contributed by atoms with Crippen molar-refractivity contribution in [1.82, 2.24) is 19.9 Å². The molecule has 3 aromatic heterocycles. The zero-order valence-electron chi connectivity index (χ0n) is 25.6. The Hall–Kier alpha value is -2.89. The number of thiophene rings is 1. The minimum Gasteiger partial charge on any atom is -0.444 e. The summed E-state index contributed by atoms with van der Waals surface area (Å²) in [6, 6.07) is 4.79. The molecule has 0 radical (unpaired) electrons. The molecule has 1 N–H and O–H groups in total. The van der Waals surface area contributed by atoms with E-state index < -0.39 is 36.5 Å². The fourth-order valence-electron chi connectivity index (χ4n) is 3.68. The van der Waals surface area contributed by atoms with Crippen molar-refractivity contribution in [2.75, 3.05) is 18.5 Å². The number of ether oxygens (including phenoxy) is 3. The van der Waals surface area contributed by atoms with Crippen molar-refractivity contribution < 1.29 is 27.9 Å². The van der Waals surface area contributed by atoms with Crippen LogP contribution in [0.3, 0.4) is 0 Å². The number of fused-ring (bicyclic) bond motifs is 1. The van der Waals surface area contributed by atoms with Gasteiger partial charge in [-0.1, -0.05) is 6.07 Å². The Morgan fingerprint density at radius 2 is 1.95 bits per heavy atom. The molecule has 0 aliphatic rings. The monoisotopic (exact) mass is 568 g/mol. The molecule has 12 heteroatoms. The smallest absolute Gasteiger partial charge is 0.416 e. The summed E-state index contributed by atoms with van der Waals surface area (Å²) in [5.74, 6) is 0.234. The number of halogens is 1. The Balaban J connectivity index is 2.03. The maximum Gasteiger partial charge on any atom is 0.416 e. The average Bonchev–Trinajstić information content (AvgIpc) is 3.41. The molecule has 0 spiro atoms. The van der Waals surface area contributed by atoms with Gasteiger partial charge in [0.2, 0.25) is 5.28 Å². The number of amides is 2. The molecule has 0 aliphatic heterocycles. The Kier molecular flexibility index (Phi) is 7.94. The molecule has 0 bridgehead atoms. The second-order valence-corrected chi connectivity index (χ2v) is 12.1. The van der Waals surface area contributed by atoms with Gasteiger partial charge in [0.05, 0.1) is 23.3 Å². The lowest BCUT2D eigenvalue weighted by Gasteiger charge is -2.27. The normalized spacial score (nSPS) is 14.4. The number of carbonyl (C=O) groups excluding carboxylic acids is 2. The summed E-state index contributed by atoms with van der Waals surface area (Å²) >= 11 is 7.81. The number of anilines is 1. The van der Waals surface area contributed by atoms with Crippen LogP contribution in [0.25, 0.3) is 5.52 Å². The lowest BCUT2D eigenvalue weighted by Crippen LogP contribution is -2.42. The number of methoxy groups -OCH3 is 1. The van der Waals surface area contributed by atoms with Crippen molar-refractivity contribution in [2.24, 2.45) is 0 Å². The number of alkyl carbamates (subject to hydrolysis) is 1. The largest absolute Gasteiger partial charge is 0.444 e. The highest BCUT2D eigenvalue weighted by molar-refractivity contribution is 7.09. The van der Waals surface area contributed by atoms with E-state index in [0.29, 0.717) is 16.8 Å². The van der Waals surface area contributed by atoms with Gasteiger partial charge >= 0.3 is 12.2 Å². The topological polar surface area (TPSA) is 107 Å². The number of aryl methyl sites for hydroxylation is 1. The van der Waals surface area contributed by atoms with Crippen LogP contribution in [0.4, 0.5) is 15.4 Å². The Morgan fingerprint density at radius 1 is 1.24 bits per heavy atom. The molecule has 38 heavy (non-hydrogen) atoms. The van der Waals surface area contributed by atoms with E-state index in [2.05, 4.69) is 15.4 Å². The number of nitrogens with zero attached hydrogens (tertiary/aromatic N) is 4. The first-order valence-corrected chi connectivity index (χ1v) is 13.3. The third-order valence-corrected chi connectivity index (χ3v) is 6.19. The van der Waals surface area contributed by atoms with Crippen LogP contribution in [0, 0.1) is 6.92 Å². The summed E-state index contributed by atoms with van der Waals surface area (Å²) in [5.41, 5.74) is 0.297. The molecular formula is C26H36ClN5O5S. The third-order valence-electron chi connectivity index (χ3n) is 5.17. The van der Waals surface area contributed by atoms with E-state index in [1.54, 1.807) is 59.0 Å². The second-order valence-electron chi connectivity index (χ2n) is 10.8. The Labute approximate surface area is 236 Å². The second kappa shape index (κ2) is 11.9. The van der Waals surface area contributed by atoms with Crippen molar-refractivity contribution in [3.05, 3.63) is 45.0 Å². The van der Waals surface area contributed by atoms with E-state index >= 15 is 0 Å². The van der Waals surface area contributed by atoms with E-state index in [0.717, 1.165) is 4.88 Å². The number of carbonyl (C=O) groups is 2. The van der Waals surface area contributed by atoms with Crippen molar-refractivity contribution in [1.29, 1.82) is 0 Å². The van der Waals surface area contributed by atoms with Gasteiger partial charge in [0.25, 0.3) is 0 Å². The summed E-state index contributed by atoms with van der Waals surface area (Å²) in [7, 11) is -2.66. The zero-order valence-corrected chi connectivity index (χ0v) is 24.2. The van der Waals surface area contributed by atoms with Gasteiger partial charge in [0.15, 0.2) is 5.82 Å². The number of rotatable bonds is 8. The maximum absolute atomic E-state index is 13.4. The minimum atomic E-state index is -2.66. The van der Waals surface area contributed by atoms with Crippen molar-refractivity contribution in [3.8, 4) is 0 Å².